The van der Waals surface area contributed by atoms with E-state index in [1.54, 1.807) is 12.3 Å². The third kappa shape index (κ3) is 5.20. The normalized spacial score (nSPS) is 11.5. The molecule has 0 atom stereocenters. The lowest BCUT2D eigenvalue weighted by molar-refractivity contribution is -0.141. The summed E-state index contributed by atoms with van der Waals surface area (Å²) in [5.74, 6) is -0.784. The van der Waals surface area contributed by atoms with Crippen LogP contribution in [-0.2, 0) is 19.1 Å². The smallest absolute Gasteiger partial charge is 0.384 e. The number of hydrogen-bond donors (Lipinski definition) is 2. The van der Waals surface area contributed by atoms with Crippen LogP contribution in [-0.4, -0.2) is 20.9 Å². The van der Waals surface area contributed by atoms with Crippen LogP contribution in [0.15, 0.2) is 60.9 Å². The number of benzene rings is 1. The van der Waals surface area contributed by atoms with Gasteiger partial charge in [-0.15, -0.1) is 0 Å². The molecule has 1 amide bonds. The second kappa shape index (κ2) is 9.03. The molecule has 3 aromatic heterocycles. The molecule has 33 heavy (non-hydrogen) atoms. The Morgan fingerprint density at radius 3 is 2.67 bits per heavy atom. The van der Waals surface area contributed by atoms with E-state index in [4.69, 9.17) is 17.3 Å². The number of nitrogens with two attached hydrogens (primary N) is 1. The van der Waals surface area contributed by atoms with E-state index in [0.29, 0.717) is 17.1 Å². The summed E-state index contributed by atoms with van der Waals surface area (Å²) < 4.78 is 39.7. The summed E-state index contributed by atoms with van der Waals surface area (Å²) in [6.45, 7) is -0.355. The summed E-state index contributed by atoms with van der Waals surface area (Å²) in [5, 5.41) is 3.91. The van der Waals surface area contributed by atoms with Crippen molar-refractivity contribution in [3.63, 3.8) is 0 Å². The van der Waals surface area contributed by atoms with Gasteiger partial charge >= 0.3 is 6.18 Å². The summed E-state index contributed by atoms with van der Waals surface area (Å²) in [7, 11) is 0. The van der Waals surface area contributed by atoms with Crippen molar-refractivity contribution >= 4 is 34.2 Å². The maximum Gasteiger partial charge on any atom is 0.433 e. The zero-order chi connectivity index (χ0) is 23.6. The molecule has 6 nitrogen and oxygen atoms in total. The van der Waals surface area contributed by atoms with Crippen molar-refractivity contribution in [1.82, 2.24) is 20.3 Å². The number of nitrogen functional groups attached to an aromatic ring is 1. The monoisotopic (exact) mass is 471 g/mol. The quantitative estimate of drug-likeness (QED) is 0.436. The molecule has 0 radical (unpaired) electrons. The first-order valence-corrected chi connectivity index (χ1v) is 10.2. The summed E-state index contributed by atoms with van der Waals surface area (Å²) in [5.41, 5.74) is 6.62. The van der Waals surface area contributed by atoms with Gasteiger partial charge in [0.25, 0.3) is 5.91 Å². The van der Waals surface area contributed by atoms with Crippen molar-refractivity contribution in [2.45, 2.75) is 19.1 Å². The van der Waals surface area contributed by atoms with Crippen molar-refractivity contribution < 1.29 is 18.0 Å². The molecule has 10 heteroatoms. The molecule has 0 saturated carbocycles. The van der Waals surface area contributed by atoms with Crippen LogP contribution in [0.2, 0.25) is 5.02 Å². The molecule has 3 N–H and O–H groups in total. The van der Waals surface area contributed by atoms with Gasteiger partial charge in [0, 0.05) is 47.6 Å². The van der Waals surface area contributed by atoms with Crippen LogP contribution in [0.3, 0.4) is 0 Å². The van der Waals surface area contributed by atoms with Gasteiger partial charge in [-0.05, 0) is 29.8 Å². The number of hydrogen-bond acceptors (Lipinski definition) is 5. The molecule has 0 fully saturated rings. The first kappa shape index (κ1) is 22.5. The lowest BCUT2D eigenvalue weighted by Gasteiger charge is -2.13. The van der Waals surface area contributed by atoms with Gasteiger partial charge in [0.15, 0.2) is 5.69 Å². The van der Waals surface area contributed by atoms with Crippen molar-refractivity contribution in [2.75, 3.05) is 5.73 Å². The van der Waals surface area contributed by atoms with E-state index in [0.717, 1.165) is 16.5 Å². The number of fused-ring (bicyclic) bond motifs is 1. The van der Waals surface area contributed by atoms with Crippen LogP contribution in [0.25, 0.3) is 10.9 Å². The summed E-state index contributed by atoms with van der Waals surface area (Å²) in [6.07, 6.45) is -1.24. The van der Waals surface area contributed by atoms with Gasteiger partial charge in [-0.1, -0.05) is 35.9 Å². The fourth-order valence-corrected chi connectivity index (χ4v) is 3.59. The average Bonchev–Trinajstić information content (AvgIpc) is 2.77. The molecule has 4 aromatic rings. The zero-order valence-electron chi connectivity index (χ0n) is 17.0. The van der Waals surface area contributed by atoms with Crippen molar-refractivity contribution in [3.05, 3.63) is 94.0 Å². The minimum Gasteiger partial charge on any atom is -0.384 e. The lowest BCUT2D eigenvalue weighted by atomic mass is 10.0. The van der Waals surface area contributed by atoms with Crippen molar-refractivity contribution in [1.29, 1.82) is 0 Å². The topological polar surface area (TPSA) is 93.8 Å². The number of carbonyl (C=O) groups is 1. The molecule has 3 heterocycles. The van der Waals surface area contributed by atoms with E-state index in [-0.39, 0.29) is 23.5 Å². The second-order valence-electron chi connectivity index (χ2n) is 7.28. The Balaban J connectivity index is 1.52. The number of alkyl halides is 3. The maximum atomic E-state index is 13.2. The molecule has 0 aliphatic carbocycles. The first-order chi connectivity index (χ1) is 15.7. The van der Waals surface area contributed by atoms with Crippen LogP contribution in [0.4, 0.5) is 19.0 Å². The van der Waals surface area contributed by atoms with E-state index in [2.05, 4.69) is 20.3 Å². The van der Waals surface area contributed by atoms with E-state index >= 15 is 0 Å². The van der Waals surface area contributed by atoms with Crippen LogP contribution in [0.1, 0.15) is 32.9 Å². The Bertz CT molecular complexity index is 1340. The van der Waals surface area contributed by atoms with Crippen LogP contribution < -0.4 is 11.1 Å². The van der Waals surface area contributed by atoms with Gasteiger partial charge in [0.1, 0.15) is 5.82 Å². The van der Waals surface area contributed by atoms with Crippen LogP contribution in [0, 0.1) is 0 Å². The van der Waals surface area contributed by atoms with E-state index in [1.807, 2.05) is 24.3 Å². The highest BCUT2D eigenvalue weighted by Gasteiger charge is 2.35. The van der Waals surface area contributed by atoms with E-state index in [1.165, 1.54) is 24.4 Å². The number of carbonyl (C=O) groups excluding carboxylic acids is 1. The third-order valence-corrected chi connectivity index (χ3v) is 5.13. The molecule has 1 aromatic carbocycles. The molecule has 0 aliphatic heterocycles. The van der Waals surface area contributed by atoms with Gasteiger partial charge < -0.3 is 11.1 Å². The molecule has 0 saturated heterocycles. The SMILES string of the molecule is Nc1ccc(CNC(=O)c2ccnc(Cc3cccc4cc(Cl)cnc34)c2)c(C(F)(F)F)n1. The van der Waals surface area contributed by atoms with Gasteiger partial charge in [0.2, 0.25) is 0 Å². The minimum atomic E-state index is -4.68. The minimum absolute atomic E-state index is 0.181. The molecule has 0 aliphatic rings. The van der Waals surface area contributed by atoms with Crippen LogP contribution in [0.5, 0.6) is 0 Å². The fourth-order valence-electron chi connectivity index (χ4n) is 3.42. The maximum absolute atomic E-state index is 13.2. The number of pyridine rings is 3. The predicted molar refractivity (Wildman–Crippen MR) is 119 cm³/mol. The van der Waals surface area contributed by atoms with E-state index in [9.17, 15) is 18.0 Å². The molecule has 4 rings (SSSR count). The fraction of sp³-hybridized carbons (Fsp3) is 0.130. The van der Waals surface area contributed by atoms with Crippen molar-refractivity contribution in [3.8, 4) is 0 Å². The number of nitrogens with zero attached hydrogens (tertiary/aromatic N) is 3. The Kier molecular flexibility index (Phi) is 6.15. The zero-order valence-corrected chi connectivity index (χ0v) is 17.8. The number of nitrogens with one attached hydrogen (secondary N) is 1. The Labute approximate surface area is 191 Å². The van der Waals surface area contributed by atoms with Crippen LogP contribution >= 0.6 is 11.6 Å². The Morgan fingerprint density at radius 1 is 1.06 bits per heavy atom. The standard InChI is InChI=1S/C23H17ClF3N5O/c24-17-8-13-2-1-3-14(20(13)30-12-17)9-18-10-15(6-7-29-18)22(33)31-11-16-4-5-19(28)32-21(16)23(25,26)27/h1-8,10,12H,9,11H2,(H2,28,32)(H,31,33). The molecule has 0 unspecified atom stereocenters. The summed E-state index contributed by atoms with van der Waals surface area (Å²) in [4.78, 5) is 24.7. The van der Waals surface area contributed by atoms with Gasteiger partial charge in [-0.3, -0.25) is 14.8 Å². The Morgan fingerprint density at radius 2 is 1.88 bits per heavy atom. The molecule has 0 bridgehead atoms. The van der Waals surface area contributed by atoms with Gasteiger partial charge in [-0.25, -0.2) is 4.98 Å². The Hall–Kier alpha value is -3.72. The number of halogens is 4. The highest BCUT2D eigenvalue weighted by molar-refractivity contribution is 6.31. The lowest BCUT2D eigenvalue weighted by Crippen LogP contribution is -2.25. The van der Waals surface area contributed by atoms with Gasteiger partial charge in [-0.2, -0.15) is 13.2 Å². The molecule has 0 spiro atoms. The summed E-state index contributed by atoms with van der Waals surface area (Å²) >= 11 is 6.01. The predicted octanol–water partition coefficient (Wildman–Crippen LogP) is 4.80. The second-order valence-corrected chi connectivity index (χ2v) is 7.72. The number of aromatic nitrogens is 3. The third-order valence-electron chi connectivity index (χ3n) is 4.92. The molecular weight excluding hydrogens is 455 g/mol. The molecular formula is C23H17ClF3N5O. The van der Waals surface area contributed by atoms with Gasteiger partial charge in [0.05, 0.1) is 10.5 Å². The number of para-hydroxylation sites is 1. The molecule has 168 valence electrons. The average molecular weight is 472 g/mol. The first-order valence-electron chi connectivity index (χ1n) is 9.79. The largest absolute Gasteiger partial charge is 0.433 e. The number of anilines is 1. The van der Waals surface area contributed by atoms with Crippen molar-refractivity contribution in [2.24, 2.45) is 0 Å². The highest BCUT2D eigenvalue weighted by Crippen LogP contribution is 2.31. The number of rotatable bonds is 5. The summed E-state index contributed by atoms with van der Waals surface area (Å²) in [6, 6.07) is 13.0. The highest BCUT2D eigenvalue weighted by atomic mass is 35.5. The number of amides is 1. The van der Waals surface area contributed by atoms with E-state index < -0.39 is 17.8 Å².